The van der Waals surface area contributed by atoms with Gasteiger partial charge < -0.3 is 10.1 Å². The van der Waals surface area contributed by atoms with Crippen LogP contribution in [-0.2, 0) is 24.4 Å². The van der Waals surface area contributed by atoms with Crippen LogP contribution in [0.5, 0.6) is 0 Å². The van der Waals surface area contributed by atoms with E-state index >= 15 is 0 Å². The molecule has 0 unspecified atom stereocenters. The third kappa shape index (κ3) is 5.33. The second-order valence-corrected chi connectivity index (χ2v) is 5.75. The first kappa shape index (κ1) is 16.4. The smallest absolute Gasteiger partial charge is 0.0717 e. The summed E-state index contributed by atoms with van der Waals surface area (Å²) in [4.78, 5) is 0. The predicted molar refractivity (Wildman–Crippen MR) is 95.6 cm³/mol. The van der Waals surface area contributed by atoms with Crippen LogP contribution in [0.1, 0.15) is 16.7 Å². The van der Waals surface area contributed by atoms with Crippen molar-refractivity contribution in [2.24, 2.45) is 0 Å². The summed E-state index contributed by atoms with van der Waals surface area (Å²) in [7, 11) is 0. The van der Waals surface area contributed by atoms with Gasteiger partial charge in [0.1, 0.15) is 0 Å². The summed E-state index contributed by atoms with van der Waals surface area (Å²) in [5.74, 6) is 0. The Kier molecular flexibility index (Phi) is 6.17. The minimum absolute atomic E-state index is 0.664. The van der Waals surface area contributed by atoms with Crippen molar-refractivity contribution in [3.05, 3.63) is 89.7 Å². The fourth-order valence-electron chi connectivity index (χ4n) is 2.50. The number of benzene rings is 2. The molecule has 3 aromatic rings. The van der Waals surface area contributed by atoms with Crippen LogP contribution in [0.25, 0.3) is 0 Å². The molecule has 0 aliphatic carbocycles. The van der Waals surface area contributed by atoms with Gasteiger partial charge in [0.2, 0.25) is 0 Å². The highest BCUT2D eigenvalue weighted by atomic mass is 16.5. The maximum absolute atomic E-state index is 5.66. The minimum atomic E-state index is 0.664. The van der Waals surface area contributed by atoms with Crippen molar-refractivity contribution in [1.82, 2.24) is 15.1 Å². The standard InChI is InChI=1S/C20H23N3O/c1-3-7-18(8-4-1)15-23-16-20(14-22-23)13-21-11-12-24-17-19-9-5-2-6-10-19/h1-10,14,16,21H,11-13,15,17H2. The molecule has 4 nitrogen and oxygen atoms in total. The average molecular weight is 321 g/mol. The fourth-order valence-corrected chi connectivity index (χ4v) is 2.50. The van der Waals surface area contributed by atoms with Gasteiger partial charge in [-0.1, -0.05) is 60.7 Å². The van der Waals surface area contributed by atoms with Gasteiger partial charge in [-0.05, 0) is 11.1 Å². The Morgan fingerprint density at radius 1 is 0.875 bits per heavy atom. The molecule has 4 heteroatoms. The zero-order chi connectivity index (χ0) is 16.5. The van der Waals surface area contributed by atoms with E-state index in [1.54, 1.807) is 0 Å². The quantitative estimate of drug-likeness (QED) is 0.615. The summed E-state index contributed by atoms with van der Waals surface area (Å²) in [6, 6.07) is 20.6. The van der Waals surface area contributed by atoms with Crippen LogP contribution >= 0.6 is 0 Å². The molecule has 3 rings (SSSR count). The predicted octanol–water partition coefficient (Wildman–Crippen LogP) is 3.24. The van der Waals surface area contributed by atoms with E-state index in [1.165, 1.54) is 16.7 Å². The van der Waals surface area contributed by atoms with Crippen molar-refractivity contribution in [3.63, 3.8) is 0 Å². The SMILES string of the molecule is c1ccc(COCCNCc2cnn(Cc3ccccc3)c2)cc1. The van der Waals surface area contributed by atoms with Crippen molar-refractivity contribution in [2.75, 3.05) is 13.2 Å². The maximum Gasteiger partial charge on any atom is 0.0717 e. The van der Waals surface area contributed by atoms with Crippen molar-refractivity contribution >= 4 is 0 Å². The molecule has 0 saturated heterocycles. The molecule has 0 bridgehead atoms. The Morgan fingerprint density at radius 3 is 2.33 bits per heavy atom. The normalized spacial score (nSPS) is 10.8. The summed E-state index contributed by atoms with van der Waals surface area (Å²) in [5.41, 5.74) is 3.66. The van der Waals surface area contributed by atoms with E-state index in [-0.39, 0.29) is 0 Å². The molecule has 124 valence electrons. The van der Waals surface area contributed by atoms with Crippen LogP contribution in [-0.4, -0.2) is 22.9 Å². The number of nitrogens with zero attached hydrogens (tertiary/aromatic N) is 2. The highest BCUT2D eigenvalue weighted by molar-refractivity contribution is 5.15. The summed E-state index contributed by atoms with van der Waals surface area (Å²) < 4.78 is 7.63. The number of hydrogen-bond acceptors (Lipinski definition) is 3. The van der Waals surface area contributed by atoms with Crippen LogP contribution < -0.4 is 5.32 Å². The Hall–Kier alpha value is -2.43. The first-order chi connectivity index (χ1) is 11.9. The molecule has 0 aliphatic heterocycles. The van der Waals surface area contributed by atoms with Gasteiger partial charge >= 0.3 is 0 Å². The average Bonchev–Trinajstić information content (AvgIpc) is 3.07. The Bertz CT molecular complexity index is 710. The Morgan fingerprint density at radius 2 is 1.58 bits per heavy atom. The van der Waals surface area contributed by atoms with Gasteiger partial charge in [-0.15, -0.1) is 0 Å². The van der Waals surface area contributed by atoms with Crippen LogP contribution in [0, 0.1) is 0 Å². The molecule has 0 amide bonds. The fraction of sp³-hybridized carbons (Fsp3) is 0.250. The van der Waals surface area contributed by atoms with Gasteiger partial charge in [0.05, 0.1) is 26.0 Å². The van der Waals surface area contributed by atoms with E-state index in [4.69, 9.17) is 4.74 Å². The lowest BCUT2D eigenvalue weighted by Crippen LogP contribution is -2.19. The first-order valence-corrected chi connectivity index (χ1v) is 8.28. The molecule has 1 aromatic heterocycles. The molecule has 0 spiro atoms. The lowest BCUT2D eigenvalue weighted by Gasteiger charge is -2.05. The lowest BCUT2D eigenvalue weighted by molar-refractivity contribution is 0.122. The summed E-state index contributed by atoms with van der Waals surface area (Å²) in [5, 5.41) is 7.80. The van der Waals surface area contributed by atoms with Gasteiger partial charge in [-0.25, -0.2) is 0 Å². The summed E-state index contributed by atoms with van der Waals surface area (Å²) in [6.07, 6.45) is 4.01. The van der Waals surface area contributed by atoms with E-state index in [2.05, 4.69) is 53.0 Å². The third-order valence-corrected chi connectivity index (χ3v) is 3.74. The molecule has 1 N–H and O–H groups in total. The summed E-state index contributed by atoms with van der Waals surface area (Å²) >= 11 is 0. The van der Waals surface area contributed by atoms with E-state index < -0.39 is 0 Å². The highest BCUT2D eigenvalue weighted by Crippen LogP contribution is 2.04. The Labute approximate surface area is 143 Å². The van der Waals surface area contributed by atoms with Gasteiger partial charge in [0, 0.05) is 24.8 Å². The molecule has 2 aromatic carbocycles. The largest absolute Gasteiger partial charge is 0.375 e. The van der Waals surface area contributed by atoms with Crippen LogP contribution in [0.2, 0.25) is 0 Å². The molecule has 0 saturated carbocycles. The molecular formula is C20H23N3O. The van der Waals surface area contributed by atoms with Crippen molar-refractivity contribution < 1.29 is 4.74 Å². The van der Waals surface area contributed by atoms with Gasteiger partial charge in [-0.3, -0.25) is 4.68 Å². The summed E-state index contributed by atoms with van der Waals surface area (Å²) in [6.45, 7) is 3.81. The molecule has 0 fully saturated rings. The first-order valence-electron chi connectivity index (χ1n) is 8.28. The van der Waals surface area contributed by atoms with E-state index in [9.17, 15) is 0 Å². The van der Waals surface area contributed by atoms with E-state index in [1.807, 2.05) is 35.1 Å². The van der Waals surface area contributed by atoms with Crippen molar-refractivity contribution in [2.45, 2.75) is 19.7 Å². The molecule has 0 radical (unpaired) electrons. The monoisotopic (exact) mass is 321 g/mol. The minimum Gasteiger partial charge on any atom is -0.375 e. The third-order valence-electron chi connectivity index (χ3n) is 3.74. The maximum atomic E-state index is 5.66. The van der Waals surface area contributed by atoms with Crippen LogP contribution in [0.15, 0.2) is 73.1 Å². The van der Waals surface area contributed by atoms with Gasteiger partial charge in [0.25, 0.3) is 0 Å². The van der Waals surface area contributed by atoms with Crippen molar-refractivity contribution in [3.8, 4) is 0 Å². The van der Waals surface area contributed by atoms with Gasteiger partial charge in [-0.2, -0.15) is 5.10 Å². The molecule has 24 heavy (non-hydrogen) atoms. The molecule has 0 atom stereocenters. The second kappa shape index (κ2) is 9.01. The topological polar surface area (TPSA) is 39.1 Å². The zero-order valence-electron chi connectivity index (χ0n) is 13.8. The lowest BCUT2D eigenvalue weighted by atomic mass is 10.2. The number of rotatable bonds is 9. The second-order valence-electron chi connectivity index (χ2n) is 5.75. The van der Waals surface area contributed by atoms with Crippen LogP contribution in [0.3, 0.4) is 0 Å². The number of ether oxygens (including phenoxy) is 1. The van der Waals surface area contributed by atoms with Crippen LogP contribution in [0.4, 0.5) is 0 Å². The number of hydrogen-bond donors (Lipinski definition) is 1. The molecular weight excluding hydrogens is 298 g/mol. The zero-order valence-corrected chi connectivity index (χ0v) is 13.8. The van der Waals surface area contributed by atoms with E-state index in [0.29, 0.717) is 13.2 Å². The van der Waals surface area contributed by atoms with Gasteiger partial charge in [0.15, 0.2) is 0 Å². The van der Waals surface area contributed by atoms with E-state index in [0.717, 1.165) is 19.6 Å². The number of nitrogens with one attached hydrogen (secondary N) is 1. The Balaban J connectivity index is 1.32. The molecule has 1 heterocycles. The highest BCUT2D eigenvalue weighted by Gasteiger charge is 2.00. The number of aromatic nitrogens is 2. The van der Waals surface area contributed by atoms with Crippen molar-refractivity contribution in [1.29, 1.82) is 0 Å². The molecule has 0 aliphatic rings.